The number of hydrogen-bond acceptors (Lipinski definition) is 3. The Morgan fingerprint density at radius 2 is 1.89 bits per heavy atom. The highest BCUT2D eigenvalue weighted by Crippen LogP contribution is 2.15. The van der Waals surface area contributed by atoms with E-state index in [4.69, 9.17) is 0 Å². The van der Waals surface area contributed by atoms with E-state index in [2.05, 4.69) is 4.31 Å². The molecule has 0 unspecified atom stereocenters. The van der Waals surface area contributed by atoms with Crippen LogP contribution in [0.1, 0.15) is 19.3 Å². The molecule has 0 aliphatic carbocycles. The summed E-state index contributed by atoms with van der Waals surface area (Å²) in [6, 6.07) is 0. The summed E-state index contributed by atoms with van der Waals surface area (Å²) < 4.78 is 2.12. The number of carbonyl (C=O) groups excluding carboxylic acids is 1. The summed E-state index contributed by atoms with van der Waals surface area (Å²) in [7, 11) is 0. The molecule has 0 amide bonds. The normalized spacial score (nSPS) is 21.8. The van der Waals surface area contributed by atoms with E-state index in [-0.39, 0.29) is 0 Å². The second-order valence-corrected chi connectivity index (χ2v) is 3.11. The van der Waals surface area contributed by atoms with Crippen molar-refractivity contribution in [2.75, 3.05) is 13.1 Å². The minimum absolute atomic E-state index is 0.908. The summed E-state index contributed by atoms with van der Waals surface area (Å²) in [5.74, 6) is 0. The predicted molar refractivity (Wildman–Crippen MR) is 39.8 cm³/mol. The van der Waals surface area contributed by atoms with Crippen molar-refractivity contribution in [3.05, 3.63) is 0 Å². The Balaban J connectivity index is 2.15. The lowest BCUT2D eigenvalue weighted by Gasteiger charge is -2.22. The minimum atomic E-state index is 0.908. The van der Waals surface area contributed by atoms with Crippen molar-refractivity contribution in [1.29, 1.82) is 0 Å². The molecular formula is C6H11NOS. The number of carbonyl (C=O) groups is 1. The largest absolute Gasteiger partial charge is 0.290 e. The second-order valence-electron chi connectivity index (χ2n) is 2.19. The molecule has 0 aromatic rings. The molecule has 0 atom stereocenters. The molecule has 0 aromatic heterocycles. The van der Waals surface area contributed by atoms with E-state index in [9.17, 15) is 4.79 Å². The monoisotopic (exact) mass is 145 g/mol. The van der Waals surface area contributed by atoms with Crippen LogP contribution in [0.2, 0.25) is 0 Å². The SMILES string of the molecule is O=CSN1CCCCC1. The minimum Gasteiger partial charge on any atom is -0.290 e. The van der Waals surface area contributed by atoms with Gasteiger partial charge in [0.05, 0.1) is 0 Å². The molecule has 0 radical (unpaired) electrons. The first-order valence-electron chi connectivity index (χ1n) is 3.29. The van der Waals surface area contributed by atoms with Gasteiger partial charge in [-0.15, -0.1) is 0 Å². The van der Waals surface area contributed by atoms with Gasteiger partial charge in [0.2, 0.25) is 0 Å². The van der Waals surface area contributed by atoms with Crippen LogP contribution in [0, 0.1) is 0 Å². The van der Waals surface area contributed by atoms with Gasteiger partial charge < -0.3 is 0 Å². The molecule has 0 saturated carbocycles. The molecule has 1 rings (SSSR count). The maximum atomic E-state index is 9.99. The topological polar surface area (TPSA) is 20.3 Å². The summed E-state index contributed by atoms with van der Waals surface area (Å²) in [5.41, 5.74) is 0.908. The third kappa shape index (κ3) is 2.37. The molecule has 1 aliphatic heterocycles. The fraction of sp³-hybridized carbons (Fsp3) is 0.833. The van der Waals surface area contributed by atoms with Crippen molar-refractivity contribution >= 4 is 17.6 Å². The lowest BCUT2D eigenvalue weighted by molar-refractivity contribution is 0.382. The maximum Gasteiger partial charge on any atom is 0.191 e. The lowest BCUT2D eigenvalue weighted by atomic mass is 10.2. The van der Waals surface area contributed by atoms with E-state index in [0.29, 0.717) is 0 Å². The van der Waals surface area contributed by atoms with Crippen molar-refractivity contribution in [3.63, 3.8) is 0 Å². The summed E-state index contributed by atoms with van der Waals surface area (Å²) in [6.45, 7) is 2.17. The van der Waals surface area contributed by atoms with Crippen LogP contribution in [0.3, 0.4) is 0 Å². The van der Waals surface area contributed by atoms with Gasteiger partial charge in [-0.3, -0.25) is 4.79 Å². The number of hydrogen-bond donors (Lipinski definition) is 0. The van der Waals surface area contributed by atoms with Gasteiger partial charge in [0.1, 0.15) is 0 Å². The van der Waals surface area contributed by atoms with Crippen LogP contribution < -0.4 is 0 Å². The highest BCUT2D eigenvalue weighted by Gasteiger charge is 2.08. The average molecular weight is 145 g/mol. The molecular weight excluding hydrogens is 134 g/mol. The summed E-state index contributed by atoms with van der Waals surface area (Å²) >= 11 is 1.30. The molecule has 0 spiro atoms. The van der Waals surface area contributed by atoms with E-state index in [1.54, 1.807) is 0 Å². The highest BCUT2D eigenvalue weighted by atomic mass is 32.2. The Labute approximate surface area is 59.7 Å². The van der Waals surface area contributed by atoms with Crippen molar-refractivity contribution < 1.29 is 4.79 Å². The fourth-order valence-electron chi connectivity index (χ4n) is 1.03. The van der Waals surface area contributed by atoms with Gasteiger partial charge in [-0.1, -0.05) is 6.42 Å². The zero-order chi connectivity index (χ0) is 6.53. The van der Waals surface area contributed by atoms with Crippen LogP contribution in [0.4, 0.5) is 0 Å². The fourth-order valence-corrected chi connectivity index (χ4v) is 1.62. The molecule has 1 heterocycles. The number of rotatable bonds is 2. The molecule has 0 bridgehead atoms. The van der Waals surface area contributed by atoms with E-state index in [0.717, 1.165) is 18.7 Å². The van der Waals surface area contributed by atoms with Gasteiger partial charge in [0.15, 0.2) is 5.62 Å². The average Bonchev–Trinajstić information content (AvgIpc) is 1.91. The zero-order valence-corrected chi connectivity index (χ0v) is 6.19. The first-order chi connectivity index (χ1) is 4.43. The molecule has 0 aromatic carbocycles. The Morgan fingerprint density at radius 3 is 2.44 bits per heavy atom. The molecule has 2 nitrogen and oxygen atoms in total. The van der Waals surface area contributed by atoms with Gasteiger partial charge >= 0.3 is 0 Å². The molecule has 1 aliphatic rings. The van der Waals surface area contributed by atoms with Crippen molar-refractivity contribution in [2.24, 2.45) is 0 Å². The predicted octanol–water partition coefficient (Wildman–Crippen LogP) is 1.31. The van der Waals surface area contributed by atoms with Crippen LogP contribution in [0.25, 0.3) is 0 Å². The molecule has 3 heteroatoms. The first-order valence-corrected chi connectivity index (χ1v) is 4.12. The zero-order valence-electron chi connectivity index (χ0n) is 5.38. The van der Waals surface area contributed by atoms with Gasteiger partial charge in [0.25, 0.3) is 0 Å². The quantitative estimate of drug-likeness (QED) is 0.431. The lowest BCUT2D eigenvalue weighted by Crippen LogP contribution is -2.22. The second kappa shape index (κ2) is 3.90. The van der Waals surface area contributed by atoms with Crippen LogP contribution in [0.15, 0.2) is 0 Å². The smallest absolute Gasteiger partial charge is 0.191 e. The number of piperidine rings is 1. The van der Waals surface area contributed by atoms with Gasteiger partial charge in [-0.2, -0.15) is 0 Å². The Hall–Kier alpha value is -0.0200. The third-order valence-corrected chi connectivity index (χ3v) is 2.26. The standard InChI is InChI=1S/C6H11NOS/c8-6-9-7-4-2-1-3-5-7/h6H,1-5H2. The van der Waals surface area contributed by atoms with Crippen LogP contribution in [-0.4, -0.2) is 23.0 Å². The molecule has 9 heavy (non-hydrogen) atoms. The molecule has 1 fully saturated rings. The molecule has 0 N–H and O–H groups in total. The Kier molecular flexibility index (Phi) is 3.08. The van der Waals surface area contributed by atoms with Crippen molar-refractivity contribution in [1.82, 2.24) is 4.31 Å². The molecule has 52 valence electrons. The van der Waals surface area contributed by atoms with E-state index < -0.39 is 0 Å². The molecule has 1 saturated heterocycles. The Morgan fingerprint density at radius 1 is 1.22 bits per heavy atom. The summed E-state index contributed by atoms with van der Waals surface area (Å²) in [6.07, 6.45) is 3.83. The van der Waals surface area contributed by atoms with Crippen molar-refractivity contribution in [3.8, 4) is 0 Å². The first kappa shape index (κ1) is 7.09. The van der Waals surface area contributed by atoms with Crippen LogP contribution in [0.5, 0.6) is 0 Å². The van der Waals surface area contributed by atoms with E-state index >= 15 is 0 Å². The van der Waals surface area contributed by atoms with Crippen LogP contribution >= 0.6 is 11.9 Å². The summed E-state index contributed by atoms with van der Waals surface area (Å²) in [5, 5.41) is 0. The highest BCUT2D eigenvalue weighted by molar-refractivity contribution is 8.09. The third-order valence-electron chi connectivity index (χ3n) is 1.51. The van der Waals surface area contributed by atoms with Gasteiger partial charge in [-0.05, 0) is 24.8 Å². The van der Waals surface area contributed by atoms with Gasteiger partial charge in [-0.25, -0.2) is 4.31 Å². The van der Waals surface area contributed by atoms with Crippen molar-refractivity contribution in [2.45, 2.75) is 19.3 Å². The van der Waals surface area contributed by atoms with E-state index in [1.807, 2.05) is 0 Å². The number of nitrogens with zero attached hydrogens (tertiary/aromatic N) is 1. The van der Waals surface area contributed by atoms with Gasteiger partial charge in [0, 0.05) is 13.1 Å². The maximum absolute atomic E-state index is 9.99. The van der Waals surface area contributed by atoms with E-state index in [1.165, 1.54) is 31.2 Å². The van der Waals surface area contributed by atoms with Crippen LogP contribution in [-0.2, 0) is 4.79 Å². The Bertz CT molecular complexity index is 91.1. The summed E-state index contributed by atoms with van der Waals surface area (Å²) in [4.78, 5) is 9.99.